The second kappa shape index (κ2) is 7.16. The third-order valence-corrected chi connectivity index (χ3v) is 4.23. The predicted molar refractivity (Wildman–Crippen MR) is 97.1 cm³/mol. The lowest BCUT2D eigenvalue weighted by atomic mass is 10.1. The van der Waals surface area contributed by atoms with E-state index in [9.17, 15) is 24.1 Å². The van der Waals surface area contributed by atoms with E-state index < -0.39 is 32.8 Å². The summed E-state index contributed by atoms with van der Waals surface area (Å²) in [6, 6.07) is 9.07. The number of hydrogen-bond donors (Lipinski definition) is 0. The average molecular weight is 391 g/mol. The maximum atomic E-state index is 14.2. The zero-order valence-corrected chi connectivity index (χ0v) is 14.7. The van der Waals surface area contributed by atoms with Crippen LogP contribution in [0.15, 0.2) is 47.4 Å². The summed E-state index contributed by atoms with van der Waals surface area (Å²) in [4.78, 5) is 35.6. The van der Waals surface area contributed by atoms with Gasteiger partial charge in [-0.25, -0.2) is 9.18 Å². The molecular weight excluding hydrogens is 379 g/mol. The number of nitro groups is 1. The summed E-state index contributed by atoms with van der Waals surface area (Å²) >= 11 is 5.81. The first kappa shape index (κ1) is 18.5. The van der Waals surface area contributed by atoms with E-state index in [2.05, 4.69) is 0 Å². The number of fused-ring (bicyclic) bond motifs is 1. The van der Waals surface area contributed by atoms with E-state index in [1.165, 1.54) is 4.57 Å². The summed E-state index contributed by atoms with van der Waals surface area (Å²) in [6.07, 6.45) is 1.14. The fourth-order valence-corrected chi connectivity index (χ4v) is 2.94. The molecule has 0 saturated carbocycles. The molecule has 0 bridgehead atoms. The number of ether oxygens (including phenoxy) is 1. The van der Waals surface area contributed by atoms with E-state index in [-0.39, 0.29) is 23.1 Å². The molecule has 7 nitrogen and oxygen atoms in total. The van der Waals surface area contributed by atoms with Gasteiger partial charge in [-0.05, 0) is 25.1 Å². The minimum absolute atomic E-state index is 0.0246. The standard InChI is InChI=1S/C18H12ClFN2O5/c1-2-27-18(24)12-9-21(10-6-4-3-5-7-10)15-11(17(12)23)8-13(20)14(19)16(15)22(25)26/h3-9H,2H2,1H3. The van der Waals surface area contributed by atoms with Crippen LogP contribution in [0, 0.1) is 15.9 Å². The quantitative estimate of drug-likeness (QED) is 0.383. The molecule has 27 heavy (non-hydrogen) atoms. The van der Waals surface area contributed by atoms with Gasteiger partial charge in [-0.3, -0.25) is 14.9 Å². The molecule has 1 aromatic heterocycles. The van der Waals surface area contributed by atoms with Crippen molar-refractivity contribution in [3.63, 3.8) is 0 Å². The number of carbonyl (C=O) groups excluding carboxylic acids is 1. The number of hydrogen-bond acceptors (Lipinski definition) is 5. The molecule has 1 heterocycles. The van der Waals surface area contributed by atoms with Gasteiger partial charge in [-0.2, -0.15) is 0 Å². The number of para-hydroxylation sites is 1. The number of benzene rings is 2. The third-order valence-electron chi connectivity index (χ3n) is 3.87. The van der Waals surface area contributed by atoms with Gasteiger partial charge in [-0.15, -0.1) is 0 Å². The van der Waals surface area contributed by atoms with Gasteiger partial charge in [0.25, 0.3) is 0 Å². The van der Waals surface area contributed by atoms with Crippen LogP contribution in [0.1, 0.15) is 17.3 Å². The molecule has 138 valence electrons. The second-order valence-electron chi connectivity index (χ2n) is 5.47. The van der Waals surface area contributed by atoms with Crippen LogP contribution in [0.3, 0.4) is 0 Å². The van der Waals surface area contributed by atoms with Crippen molar-refractivity contribution in [1.29, 1.82) is 0 Å². The third kappa shape index (κ3) is 3.15. The van der Waals surface area contributed by atoms with Crippen LogP contribution in [0.2, 0.25) is 5.02 Å². The molecule has 0 fully saturated rings. The highest BCUT2D eigenvalue weighted by molar-refractivity contribution is 6.34. The van der Waals surface area contributed by atoms with Gasteiger partial charge in [0.2, 0.25) is 5.43 Å². The first-order valence-electron chi connectivity index (χ1n) is 7.81. The van der Waals surface area contributed by atoms with Crippen LogP contribution in [0.5, 0.6) is 0 Å². The summed E-state index contributed by atoms with van der Waals surface area (Å²) in [6.45, 7) is 1.59. The number of carbonyl (C=O) groups is 1. The number of aromatic nitrogens is 1. The van der Waals surface area contributed by atoms with Crippen molar-refractivity contribution in [2.75, 3.05) is 6.61 Å². The molecule has 3 aromatic rings. The van der Waals surface area contributed by atoms with Gasteiger partial charge >= 0.3 is 11.7 Å². The predicted octanol–water partition coefficient (Wildman–Crippen LogP) is 3.87. The molecule has 0 aliphatic carbocycles. The van der Waals surface area contributed by atoms with E-state index in [1.54, 1.807) is 37.3 Å². The Labute approximate surface area is 156 Å². The second-order valence-corrected chi connectivity index (χ2v) is 5.85. The zero-order chi connectivity index (χ0) is 19.7. The lowest BCUT2D eigenvalue weighted by molar-refractivity contribution is -0.383. The first-order chi connectivity index (χ1) is 12.9. The van der Waals surface area contributed by atoms with Crippen molar-refractivity contribution in [1.82, 2.24) is 4.57 Å². The van der Waals surface area contributed by atoms with Crippen LogP contribution in [0.25, 0.3) is 16.6 Å². The number of rotatable bonds is 4. The van der Waals surface area contributed by atoms with Gasteiger partial charge < -0.3 is 9.30 Å². The van der Waals surface area contributed by atoms with Gasteiger partial charge in [-0.1, -0.05) is 29.8 Å². The van der Waals surface area contributed by atoms with Crippen molar-refractivity contribution in [2.45, 2.75) is 6.92 Å². The normalized spacial score (nSPS) is 10.8. The van der Waals surface area contributed by atoms with Crippen LogP contribution in [-0.4, -0.2) is 22.1 Å². The Morgan fingerprint density at radius 1 is 1.33 bits per heavy atom. The summed E-state index contributed by atoms with van der Waals surface area (Å²) in [5.74, 6) is -2.04. The van der Waals surface area contributed by atoms with E-state index in [4.69, 9.17) is 16.3 Å². The van der Waals surface area contributed by atoms with E-state index in [0.29, 0.717) is 5.69 Å². The monoisotopic (exact) mass is 390 g/mol. The Balaban J connectivity index is 2.55. The SMILES string of the molecule is CCOC(=O)c1cn(-c2ccccc2)c2c([N+](=O)[O-])c(Cl)c(F)cc2c1=O. The lowest BCUT2D eigenvalue weighted by Gasteiger charge is -2.14. The van der Waals surface area contributed by atoms with Gasteiger partial charge in [0, 0.05) is 11.9 Å². The maximum absolute atomic E-state index is 14.2. The van der Waals surface area contributed by atoms with Crippen LogP contribution < -0.4 is 5.43 Å². The molecule has 9 heteroatoms. The first-order valence-corrected chi connectivity index (χ1v) is 8.18. The van der Waals surface area contributed by atoms with Gasteiger partial charge in [0.15, 0.2) is 5.02 Å². The topological polar surface area (TPSA) is 91.4 Å². The minimum Gasteiger partial charge on any atom is -0.462 e. The number of nitro benzene ring substituents is 1. The summed E-state index contributed by atoms with van der Waals surface area (Å²) in [5.41, 5.74) is -1.81. The van der Waals surface area contributed by atoms with Crippen LogP contribution in [-0.2, 0) is 4.74 Å². The van der Waals surface area contributed by atoms with Crippen LogP contribution >= 0.6 is 11.6 Å². The number of nitrogens with zero attached hydrogens (tertiary/aromatic N) is 2. The molecule has 0 aliphatic rings. The van der Waals surface area contributed by atoms with Crippen molar-refractivity contribution >= 4 is 34.2 Å². The van der Waals surface area contributed by atoms with E-state index in [0.717, 1.165) is 12.3 Å². The smallest absolute Gasteiger partial charge is 0.343 e. The molecular formula is C18H12ClFN2O5. The Bertz CT molecular complexity index is 1130. The van der Waals surface area contributed by atoms with Gasteiger partial charge in [0.05, 0.1) is 16.9 Å². The number of pyridine rings is 1. The number of esters is 1. The zero-order valence-electron chi connectivity index (χ0n) is 13.9. The lowest BCUT2D eigenvalue weighted by Crippen LogP contribution is -2.21. The maximum Gasteiger partial charge on any atom is 0.343 e. The Hall–Kier alpha value is -3.26. The summed E-state index contributed by atoms with van der Waals surface area (Å²) in [5, 5.41) is 10.5. The highest BCUT2D eigenvalue weighted by Crippen LogP contribution is 2.35. The van der Waals surface area contributed by atoms with Crippen LogP contribution in [0.4, 0.5) is 10.1 Å². The van der Waals surface area contributed by atoms with E-state index >= 15 is 0 Å². The Kier molecular flexibility index (Phi) is 4.91. The Morgan fingerprint density at radius 3 is 2.59 bits per heavy atom. The molecule has 0 radical (unpaired) electrons. The van der Waals surface area contributed by atoms with E-state index in [1.807, 2.05) is 0 Å². The molecule has 0 saturated heterocycles. The fraction of sp³-hybridized carbons (Fsp3) is 0.111. The highest BCUT2D eigenvalue weighted by Gasteiger charge is 2.28. The van der Waals surface area contributed by atoms with Crippen molar-refractivity contribution < 1.29 is 18.8 Å². The summed E-state index contributed by atoms with van der Waals surface area (Å²) < 4.78 is 20.3. The molecule has 0 unspecified atom stereocenters. The fourth-order valence-electron chi connectivity index (χ4n) is 2.73. The molecule has 2 aromatic carbocycles. The number of halogens is 2. The van der Waals surface area contributed by atoms with Crippen molar-refractivity contribution in [3.05, 3.63) is 79.3 Å². The summed E-state index contributed by atoms with van der Waals surface area (Å²) in [7, 11) is 0. The molecule has 0 aliphatic heterocycles. The molecule has 0 spiro atoms. The molecule has 3 rings (SSSR count). The van der Waals surface area contributed by atoms with Gasteiger partial charge in [0.1, 0.15) is 16.9 Å². The van der Waals surface area contributed by atoms with Crippen molar-refractivity contribution in [3.8, 4) is 5.69 Å². The average Bonchev–Trinajstić information content (AvgIpc) is 2.64. The highest BCUT2D eigenvalue weighted by atomic mass is 35.5. The van der Waals surface area contributed by atoms with Crippen molar-refractivity contribution in [2.24, 2.45) is 0 Å². The Morgan fingerprint density at radius 2 is 2.00 bits per heavy atom. The minimum atomic E-state index is -1.13. The largest absolute Gasteiger partial charge is 0.462 e. The molecule has 0 amide bonds. The molecule has 0 atom stereocenters. The molecule has 0 N–H and O–H groups in total.